The molecule has 0 unspecified atom stereocenters. The lowest BCUT2D eigenvalue weighted by molar-refractivity contribution is 0.127. The number of piperidine rings is 2. The van der Waals surface area contributed by atoms with Gasteiger partial charge in [0, 0.05) is 12.6 Å². The molecule has 2 atom stereocenters. The van der Waals surface area contributed by atoms with Crippen LogP contribution in [-0.4, -0.2) is 37.1 Å². The monoisotopic (exact) mass is 196 g/mol. The van der Waals surface area contributed by atoms with Crippen LogP contribution in [-0.2, 0) is 0 Å². The molecule has 0 radical (unpaired) electrons. The first-order valence-electron chi connectivity index (χ1n) is 6.31. The Hall–Kier alpha value is -0.0800. The van der Waals surface area contributed by atoms with E-state index in [-0.39, 0.29) is 0 Å². The van der Waals surface area contributed by atoms with E-state index >= 15 is 0 Å². The van der Waals surface area contributed by atoms with Gasteiger partial charge in [-0.25, -0.2) is 0 Å². The molecule has 0 aromatic rings. The van der Waals surface area contributed by atoms with E-state index in [0.717, 1.165) is 12.0 Å². The predicted octanol–water partition coefficient (Wildman–Crippen LogP) is 1.86. The summed E-state index contributed by atoms with van der Waals surface area (Å²) in [6.07, 6.45) is 7.11. The number of hydrogen-bond donors (Lipinski definition) is 1. The maximum Gasteiger partial charge on any atom is 0.00670 e. The van der Waals surface area contributed by atoms with Crippen LogP contribution in [0, 0.1) is 5.92 Å². The smallest absolute Gasteiger partial charge is 0.00670 e. The molecule has 2 aliphatic heterocycles. The molecule has 0 aromatic carbocycles. The van der Waals surface area contributed by atoms with Crippen LogP contribution in [0.2, 0.25) is 0 Å². The van der Waals surface area contributed by atoms with E-state index in [4.69, 9.17) is 0 Å². The Bertz CT molecular complexity index is 164. The highest BCUT2D eigenvalue weighted by Gasteiger charge is 2.22. The van der Waals surface area contributed by atoms with Crippen molar-refractivity contribution in [3.05, 3.63) is 0 Å². The highest BCUT2D eigenvalue weighted by molar-refractivity contribution is 4.78. The van der Waals surface area contributed by atoms with Gasteiger partial charge in [-0.3, -0.25) is 0 Å². The summed E-state index contributed by atoms with van der Waals surface area (Å²) in [6.45, 7) is 7.58. The SMILES string of the molecule is C[C@@H]1CCCCN1C[C@H]1CCCNC1. The Labute approximate surface area is 88.1 Å². The summed E-state index contributed by atoms with van der Waals surface area (Å²) in [5, 5.41) is 3.51. The summed E-state index contributed by atoms with van der Waals surface area (Å²) in [4.78, 5) is 2.71. The van der Waals surface area contributed by atoms with Crippen molar-refractivity contribution in [1.82, 2.24) is 10.2 Å². The van der Waals surface area contributed by atoms with Crippen LogP contribution in [0.25, 0.3) is 0 Å². The van der Waals surface area contributed by atoms with Crippen LogP contribution < -0.4 is 5.32 Å². The largest absolute Gasteiger partial charge is 0.316 e. The van der Waals surface area contributed by atoms with Crippen LogP contribution in [0.1, 0.15) is 39.0 Å². The zero-order valence-corrected chi connectivity index (χ0v) is 9.47. The lowest BCUT2D eigenvalue weighted by Crippen LogP contribution is -2.44. The minimum absolute atomic E-state index is 0.839. The third kappa shape index (κ3) is 2.71. The predicted molar refractivity (Wildman–Crippen MR) is 60.5 cm³/mol. The van der Waals surface area contributed by atoms with Crippen molar-refractivity contribution in [2.75, 3.05) is 26.2 Å². The normalized spacial score (nSPS) is 35.8. The van der Waals surface area contributed by atoms with E-state index in [1.807, 2.05) is 0 Å². The number of likely N-dealkylation sites (tertiary alicyclic amines) is 1. The van der Waals surface area contributed by atoms with Crippen molar-refractivity contribution in [1.29, 1.82) is 0 Å². The van der Waals surface area contributed by atoms with Gasteiger partial charge in [0.25, 0.3) is 0 Å². The second-order valence-corrected chi connectivity index (χ2v) is 5.05. The van der Waals surface area contributed by atoms with Gasteiger partial charge in [-0.15, -0.1) is 0 Å². The summed E-state index contributed by atoms with van der Waals surface area (Å²) in [6, 6.07) is 0.839. The minimum atomic E-state index is 0.839. The molecule has 2 fully saturated rings. The fourth-order valence-electron chi connectivity index (χ4n) is 2.84. The number of nitrogens with one attached hydrogen (secondary N) is 1. The molecule has 2 aliphatic rings. The Morgan fingerprint density at radius 2 is 2.14 bits per heavy atom. The topological polar surface area (TPSA) is 15.3 Å². The van der Waals surface area contributed by atoms with Crippen LogP contribution in [0.4, 0.5) is 0 Å². The Kier molecular flexibility index (Phi) is 3.82. The molecule has 0 aromatic heterocycles. The number of hydrogen-bond acceptors (Lipinski definition) is 2. The standard InChI is InChI=1S/C12H24N2/c1-11-5-2-3-8-14(11)10-12-6-4-7-13-9-12/h11-13H,2-10H2,1H3/t11-,12+/m1/s1. The first-order chi connectivity index (χ1) is 6.86. The maximum atomic E-state index is 3.51. The summed E-state index contributed by atoms with van der Waals surface area (Å²) < 4.78 is 0. The van der Waals surface area contributed by atoms with Crippen molar-refractivity contribution >= 4 is 0 Å². The van der Waals surface area contributed by atoms with Gasteiger partial charge in [0.05, 0.1) is 0 Å². The van der Waals surface area contributed by atoms with E-state index < -0.39 is 0 Å². The first kappa shape index (κ1) is 10.4. The third-order valence-electron chi connectivity index (χ3n) is 3.83. The molecular weight excluding hydrogens is 172 g/mol. The Balaban J connectivity index is 1.76. The van der Waals surface area contributed by atoms with Gasteiger partial charge >= 0.3 is 0 Å². The second kappa shape index (κ2) is 5.13. The molecule has 2 rings (SSSR count). The van der Waals surface area contributed by atoms with Gasteiger partial charge in [-0.2, -0.15) is 0 Å². The molecule has 2 nitrogen and oxygen atoms in total. The second-order valence-electron chi connectivity index (χ2n) is 5.05. The molecule has 2 saturated heterocycles. The average Bonchev–Trinajstić information content (AvgIpc) is 2.23. The van der Waals surface area contributed by atoms with Gasteiger partial charge < -0.3 is 10.2 Å². The summed E-state index contributed by atoms with van der Waals surface area (Å²) in [7, 11) is 0. The first-order valence-corrected chi connectivity index (χ1v) is 6.31. The summed E-state index contributed by atoms with van der Waals surface area (Å²) >= 11 is 0. The van der Waals surface area contributed by atoms with Gasteiger partial charge in [0.15, 0.2) is 0 Å². The number of nitrogens with zero attached hydrogens (tertiary/aromatic N) is 1. The highest BCUT2D eigenvalue weighted by Crippen LogP contribution is 2.20. The Morgan fingerprint density at radius 1 is 1.21 bits per heavy atom. The van der Waals surface area contributed by atoms with Crippen molar-refractivity contribution in [3.63, 3.8) is 0 Å². The average molecular weight is 196 g/mol. The summed E-state index contributed by atoms with van der Waals surface area (Å²) in [5.41, 5.74) is 0. The van der Waals surface area contributed by atoms with E-state index in [2.05, 4.69) is 17.1 Å². The molecule has 2 heterocycles. The lowest BCUT2D eigenvalue weighted by atomic mass is 9.96. The third-order valence-corrected chi connectivity index (χ3v) is 3.83. The van der Waals surface area contributed by atoms with Gasteiger partial charge in [0.2, 0.25) is 0 Å². The number of rotatable bonds is 2. The van der Waals surface area contributed by atoms with E-state index in [1.54, 1.807) is 0 Å². The molecule has 2 heteroatoms. The fourth-order valence-corrected chi connectivity index (χ4v) is 2.84. The molecule has 0 spiro atoms. The molecular formula is C12H24N2. The molecule has 0 amide bonds. The molecule has 0 aliphatic carbocycles. The van der Waals surface area contributed by atoms with Crippen molar-refractivity contribution in [3.8, 4) is 0 Å². The highest BCUT2D eigenvalue weighted by atomic mass is 15.2. The van der Waals surface area contributed by atoms with Gasteiger partial charge in [-0.1, -0.05) is 6.42 Å². The minimum Gasteiger partial charge on any atom is -0.316 e. The maximum absolute atomic E-state index is 3.51. The fraction of sp³-hybridized carbons (Fsp3) is 1.00. The molecule has 0 bridgehead atoms. The van der Waals surface area contributed by atoms with Crippen LogP contribution in [0.5, 0.6) is 0 Å². The van der Waals surface area contributed by atoms with Crippen LogP contribution >= 0.6 is 0 Å². The quantitative estimate of drug-likeness (QED) is 0.725. The van der Waals surface area contributed by atoms with Crippen LogP contribution in [0.3, 0.4) is 0 Å². The van der Waals surface area contributed by atoms with Crippen molar-refractivity contribution < 1.29 is 0 Å². The Morgan fingerprint density at radius 3 is 2.86 bits per heavy atom. The van der Waals surface area contributed by atoms with Gasteiger partial charge in [-0.05, 0) is 58.2 Å². The zero-order valence-electron chi connectivity index (χ0n) is 9.47. The lowest BCUT2D eigenvalue weighted by Gasteiger charge is -2.37. The van der Waals surface area contributed by atoms with E-state index in [9.17, 15) is 0 Å². The molecule has 1 N–H and O–H groups in total. The van der Waals surface area contributed by atoms with Crippen molar-refractivity contribution in [2.45, 2.75) is 45.1 Å². The van der Waals surface area contributed by atoms with E-state index in [1.165, 1.54) is 58.3 Å². The molecule has 82 valence electrons. The van der Waals surface area contributed by atoms with Gasteiger partial charge in [0.1, 0.15) is 0 Å². The van der Waals surface area contributed by atoms with Crippen molar-refractivity contribution in [2.24, 2.45) is 5.92 Å². The summed E-state index contributed by atoms with van der Waals surface area (Å²) in [5.74, 6) is 0.921. The zero-order chi connectivity index (χ0) is 9.80. The van der Waals surface area contributed by atoms with E-state index in [0.29, 0.717) is 0 Å². The van der Waals surface area contributed by atoms with Crippen LogP contribution in [0.15, 0.2) is 0 Å². The molecule has 14 heavy (non-hydrogen) atoms. The molecule has 0 saturated carbocycles.